The first-order valence-corrected chi connectivity index (χ1v) is 5.37. The van der Waals surface area contributed by atoms with Crippen molar-refractivity contribution in [3.8, 4) is 0 Å². The molecule has 86 valence electrons. The summed E-state index contributed by atoms with van der Waals surface area (Å²) in [5.41, 5.74) is 1.12. The number of amides is 2. The molecule has 0 heterocycles. The van der Waals surface area contributed by atoms with E-state index in [1.54, 1.807) is 13.0 Å². The number of hydrogen-bond donors (Lipinski definition) is 0. The van der Waals surface area contributed by atoms with Crippen molar-refractivity contribution in [1.29, 1.82) is 0 Å². The van der Waals surface area contributed by atoms with E-state index < -0.39 is 0 Å². The number of carbonyl (C=O) groups is 2. The van der Waals surface area contributed by atoms with Crippen LogP contribution in [0.15, 0.2) is 12.1 Å². The molecule has 0 saturated carbocycles. The van der Waals surface area contributed by atoms with Gasteiger partial charge in [0.05, 0.1) is 10.7 Å². The lowest BCUT2D eigenvalue weighted by atomic mass is 10.2. The third-order valence-electron chi connectivity index (χ3n) is 2.10. The van der Waals surface area contributed by atoms with Gasteiger partial charge in [-0.2, -0.15) is 0 Å². The van der Waals surface area contributed by atoms with Crippen LogP contribution in [0.1, 0.15) is 19.4 Å². The van der Waals surface area contributed by atoms with Crippen molar-refractivity contribution in [1.82, 2.24) is 0 Å². The number of halogens is 2. The average molecular weight is 260 g/mol. The Morgan fingerprint density at radius 1 is 1.06 bits per heavy atom. The minimum atomic E-state index is -0.379. The number of rotatable bonds is 1. The van der Waals surface area contributed by atoms with Crippen molar-refractivity contribution in [2.45, 2.75) is 20.8 Å². The van der Waals surface area contributed by atoms with E-state index in [4.69, 9.17) is 23.2 Å². The van der Waals surface area contributed by atoms with Gasteiger partial charge in [-0.25, -0.2) is 4.90 Å². The van der Waals surface area contributed by atoms with Crippen molar-refractivity contribution in [2.24, 2.45) is 0 Å². The zero-order valence-electron chi connectivity index (χ0n) is 9.17. The lowest BCUT2D eigenvalue weighted by Crippen LogP contribution is -2.33. The Labute approximate surface area is 104 Å². The Bertz CT molecular complexity index is 444. The molecule has 0 aliphatic carbocycles. The highest BCUT2D eigenvalue weighted by Crippen LogP contribution is 2.31. The highest BCUT2D eigenvalue weighted by Gasteiger charge is 2.19. The van der Waals surface area contributed by atoms with Crippen molar-refractivity contribution in [3.63, 3.8) is 0 Å². The first kappa shape index (κ1) is 13.0. The van der Waals surface area contributed by atoms with E-state index in [9.17, 15) is 9.59 Å². The summed E-state index contributed by atoms with van der Waals surface area (Å²) in [5.74, 6) is -0.757. The van der Waals surface area contributed by atoms with Crippen molar-refractivity contribution in [3.05, 3.63) is 27.7 Å². The third kappa shape index (κ3) is 2.54. The number of aryl methyl sites for hydroxylation is 1. The molecule has 0 aromatic heterocycles. The van der Waals surface area contributed by atoms with Gasteiger partial charge in [0.1, 0.15) is 0 Å². The summed E-state index contributed by atoms with van der Waals surface area (Å²) in [4.78, 5) is 23.7. The normalized spacial score (nSPS) is 10.1. The van der Waals surface area contributed by atoms with Gasteiger partial charge < -0.3 is 0 Å². The van der Waals surface area contributed by atoms with Crippen molar-refractivity contribution < 1.29 is 9.59 Å². The highest BCUT2D eigenvalue weighted by molar-refractivity contribution is 6.38. The summed E-state index contributed by atoms with van der Waals surface area (Å²) >= 11 is 11.8. The Morgan fingerprint density at radius 3 is 2.00 bits per heavy atom. The predicted octanol–water partition coefficient (Wildman–Crippen LogP) is 3.20. The van der Waals surface area contributed by atoms with E-state index in [1.165, 1.54) is 19.9 Å². The fourth-order valence-electron chi connectivity index (χ4n) is 1.37. The molecule has 0 N–H and O–H groups in total. The zero-order chi connectivity index (χ0) is 12.5. The Balaban J connectivity index is 3.35. The molecule has 0 fully saturated rings. The fourth-order valence-corrected chi connectivity index (χ4v) is 1.84. The Kier molecular flexibility index (Phi) is 3.94. The van der Waals surface area contributed by atoms with Crippen LogP contribution >= 0.6 is 23.2 Å². The molecular weight excluding hydrogens is 249 g/mol. The molecule has 1 aromatic rings. The van der Waals surface area contributed by atoms with Crippen LogP contribution in [0, 0.1) is 6.92 Å². The van der Waals surface area contributed by atoms with Crippen LogP contribution in [-0.4, -0.2) is 11.8 Å². The molecule has 3 nitrogen and oxygen atoms in total. The van der Waals surface area contributed by atoms with Crippen molar-refractivity contribution in [2.75, 3.05) is 4.90 Å². The summed E-state index contributed by atoms with van der Waals surface area (Å²) < 4.78 is 0. The largest absolute Gasteiger partial charge is 0.274 e. The van der Waals surface area contributed by atoms with Gasteiger partial charge in [-0.3, -0.25) is 9.59 Å². The van der Waals surface area contributed by atoms with Crippen LogP contribution in [-0.2, 0) is 9.59 Å². The van der Waals surface area contributed by atoms with Crippen LogP contribution in [0.25, 0.3) is 0 Å². The molecule has 0 spiro atoms. The molecule has 16 heavy (non-hydrogen) atoms. The maximum absolute atomic E-state index is 11.3. The highest BCUT2D eigenvalue weighted by atomic mass is 35.5. The van der Waals surface area contributed by atoms with E-state index in [0.717, 1.165) is 10.5 Å². The molecular formula is C11H11Cl2NO2. The number of anilines is 1. The van der Waals surface area contributed by atoms with Crippen LogP contribution in [0.5, 0.6) is 0 Å². The smallest absolute Gasteiger partial charge is 0.230 e. The summed E-state index contributed by atoms with van der Waals surface area (Å²) in [6.45, 7) is 4.39. The van der Waals surface area contributed by atoms with E-state index in [0.29, 0.717) is 10.7 Å². The quantitative estimate of drug-likeness (QED) is 0.777. The second-order valence-corrected chi connectivity index (χ2v) is 4.24. The molecule has 0 aliphatic rings. The second-order valence-electron chi connectivity index (χ2n) is 3.43. The number of nitrogens with zero attached hydrogens (tertiary/aromatic N) is 1. The molecule has 0 radical (unpaired) electrons. The topological polar surface area (TPSA) is 37.4 Å². The molecule has 0 aliphatic heterocycles. The fraction of sp³-hybridized carbons (Fsp3) is 0.273. The van der Waals surface area contributed by atoms with Crippen LogP contribution < -0.4 is 4.90 Å². The third-order valence-corrected chi connectivity index (χ3v) is 2.81. The maximum atomic E-state index is 11.3. The van der Waals surface area contributed by atoms with Gasteiger partial charge in [0, 0.05) is 18.9 Å². The second kappa shape index (κ2) is 4.85. The van der Waals surface area contributed by atoms with E-state index >= 15 is 0 Å². The van der Waals surface area contributed by atoms with Gasteiger partial charge in [0.15, 0.2) is 0 Å². The predicted molar refractivity (Wildman–Crippen MR) is 65.0 cm³/mol. The number of hydrogen-bond acceptors (Lipinski definition) is 2. The monoisotopic (exact) mass is 259 g/mol. The van der Waals surface area contributed by atoms with E-state index in [1.807, 2.05) is 0 Å². The molecule has 1 aromatic carbocycles. The first-order chi connectivity index (χ1) is 7.34. The molecule has 0 saturated heterocycles. The molecule has 5 heteroatoms. The van der Waals surface area contributed by atoms with Gasteiger partial charge in [-0.05, 0) is 24.6 Å². The number of carbonyl (C=O) groups excluding carboxylic acids is 2. The standard InChI is InChI=1S/C11H11Cl2NO2/c1-6-4-11(10(13)5-9(6)12)14(7(2)15)8(3)16/h4-5H,1-3H3. The SMILES string of the molecule is CC(=O)N(C(C)=O)c1cc(C)c(Cl)cc1Cl. The number of imide groups is 1. The maximum Gasteiger partial charge on any atom is 0.230 e. The van der Waals surface area contributed by atoms with Gasteiger partial charge in [-0.15, -0.1) is 0 Å². The average Bonchev–Trinajstić information content (AvgIpc) is 2.12. The lowest BCUT2D eigenvalue weighted by Gasteiger charge is -2.19. The van der Waals surface area contributed by atoms with Crippen LogP contribution in [0.2, 0.25) is 10.0 Å². The molecule has 0 atom stereocenters. The van der Waals surface area contributed by atoms with Crippen LogP contribution in [0.3, 0.4) is 0 Å². The van der Waals surface area contributed by atoms with E-state index in [2.05, 4.69) is 0 Å². The molecule has 0 unspecified atom stereocenters. The summed E-state index contributed by atoms with van der Waals surface area (Å²) in [7, 11) is 0. The molecule has 0 bridgehead atoms. The first-order valence-electron chi connectivity index (χ1n) is 4.61. The number of benzene rings is 1. The van der Waals surface area contributed by atoms with Gasteiger partial charge in [0.2, 0.25) is 11.8 Å². The zero-order valence-corrected chi connectivity index (χ0v) is 10.7. The minimum Gasteiger partial charge on any atom is -0.274 e. The Morgan fingerprint density at radius 2 is 1.56 bits per heavy atom. The summed E-state index contributed by atoms with van der Waals surface area (Å²) in [5, 5.41) is 0.779. The minimum absolute atomic E-state index is 0.279. The molecule has 1 rings (SSSR count). The summed E-state index contributed by atoms with van der Waals surface area (Å²) in [6, 6.07) is 3.14. The van der Waals surface area contributed by atoms with E-state index in [-0.39, 0.29) is 16.8 Å². The molecule has 2 amide bonds. The summed E-state index contributed by atoms with van der Waals surface area (Å²) in [6.07, 6.45) is 0. The lowest BCUT2D eigenvalue weighted by molar-refractivity contribution is -0.124. The van der Waals surface area contributed by atoms with Gasteiger partial charge >= 0.3 is 0 Å². The Hall–Kier alpha value is -1.06. The van der Waals surface area contributed by atoms with Gasteiger partial charge in [0.25, 0.3) is 0 Å². The van der Waals surface area contributed by atoms with Crippen molar-refractivity contribution >= 4 is 40.7 Å². The van der Waals surface area contributed by atoms with Gasteiger partial charge in [-0.1, -0.05) is 23.2 Å². The van der Waals surface area contributed by atoms with Crippen LogP contribution in [0.4, 0.5) is 5.69 Å².